The number of benzene rings is 1. The Morgan fingerprint density at radius 3 is 2.88 bits per heavy atom. The number of nitrogens with zero attached hydrogens (tertiary/aromatic N) is 1. The molecule has 8 nitrogen and oxygen atoms in total. The molecule has 0 saturated carbocycles. The van der Waals surface area contributed by atoms with Crippen LogP contribution in [0.3, 0.4) is 0 Å². The van der Waals surface area contributed by atoms with Crippen LogP contribution in [0.25, 0.3) is 0 Å². The average Bonchev–Trinajstić information content (AvgIpc) is 3.08. The monoisotopic (exact) mass is 343 g/mol. The van der Waals surface area contributed by atoms with E-state index in [4.69, 9.17) is 14.2 Å². The average molecular weight is 343 g/mol. The van der Waals surface area contributed by atoms with E-state index in [1.54, 1.807) is 37.3 Å². The second kappa shape index (κ2) is 7.52. The van der Waals surface area contributed by atoms with Gasteiger partial charge in [0, 0.05) is 23.5 Å². The van der Waals surface area contributed by atoms with Crippen molar-refractivity contribution in [2.75, 3.05) is 18.7 Å². The summed E-state index contributed by atoms with van der Waals surface area (Å²) in [6.07, 6.45) is 0.982. The van der Waals surface area contributed by atoms with Gasteiger partial charge in [0.15, 0.2) is 11.5 Å². The number of carbonyl (C=O) groups excluding carboxylic acids is 2. The van der Waals surface area contributed by atoms with Gasteiger partial charge in [-0.05, 0) is 31.2 Å². The van der Waals surface area contributed by atoms with Crippen LogP contribution >= 0.6 is 0 Å². The van der Waals surface area contributed by atoms with Gasteiger partial charge in [-0.2, -0.15) is 0 Å². The highest BCUT2D eigenvalue weighted by Crippen LogP contribution is 2.34. The summed E-state index contributed by atoms with van der Waals surface area (Å²) in [5, 5.41) is 5.34. The molecule has 3 rings (SSSR count). The number of aromatic nitrogens is 1. The van der Waals surface area contributed by atoms with Gasteiger partial charge in [0.2, 0.25) is 6.79 Å². The van der Waals surface area contributed by atoms with Crippen molar-refractivity contribution in [2.24, 2.45) is 0 Å². The summed E-state index contributed by atoms with van der Waals surface area (Å²) in [7, 11) is 0. The third kappa shape index (κ3) is 4.17. The van der Waals surface area contributed by atoms with Crippen LogP contribution in [-0.2, 0) is 11.3 Å². The van der Waals surface area contributed by atoms with Crippen LogP contribution in [0, 0.1) is 0 Å². The van der Waals surface area contributed by atoms with Gasteiger partial charge in [-0.15, -0.1) is 0 Å². The number of ether oxygens (including phenoxy) is 3. The number of pyridine rings is 1. The first-order valence-corrected chi connectivity index (χ1v) is 7.72. The van der Waals surface area contributed by atoms with Crippen molar-refractivity contribution in [3.8, 4) is 11.5 Å². The Labute approximate surface area is 144 Å². The predicted molar refractivity (Wildman–Crippen MR) is 88.6 cm³/mol. The first-order chi connectivity index (χ1) is 12.2. The quantitative estimate of drug-likeness (QED) is 0.864. The van der Waals surface area contributed by atoms with Crippen LogP contribution in [0.15, 0.2) is 36.5 Å². The topological polar surface area (TPSA) is 98.8 Å². The van der Waals surface area contributed by atoms with Gasteiger partial charge in [-0.25, -0.2) is 4.79 Å². The molecule has 1 aromatic heterocycles. The van der Waals surface area contributed by atoms with E-state index < -0.39 is 6.09 Å². The zero-order chi connectivity index (χ0) is 17.6. The summed E-state index contributed by atoms with van der Waals surface area (Å²) < 4.78 is 15.3. The molecule has 130 valence electrons. The van der Waals surface area contributed by atoms with E-state index in [0.717, 1.165) is 0 Å². The summed E-state index contributed by atoms with van der Waals surface area (Å²) >= 11 is 0. The maximum Gasteiger partial charge on any atom is 0.407 e. The molecular weight excluding hydrogens is 326 g/mol. The normalized spacial score (nSPS) is 11.7. The molecule has 0 atom stereocenters. The fraction of sp³-hybridized carbons (Fsp3) is 0.235. The summed E-state index contributed by atoms with van der Waals surface area (Å²) in [6.45, 7) is 2.36. The number of alkyl carbamates (subject to hydrolysis) is 1. The molecular formula is C17H17N3O5. The third-order valence-corrected chi connectivity index (χ3v) is 3.40. The summed E-state index contributed by atoms with van der Waals surface area (Å²) in [5.74, 6) is 0.944. The first kappa shape index (κ1) is 16.6. The molecule has 1 aliphatic heterocycles. The highest BCUT2D eigenvalue weighted by atomic mass is 16.7. The van der Waals surface area contributed by atoms with Gasteiger partial charge in [0.1, 0.15) is 0 Å². The number of carbonyl (C=O) groups is 2. The minimum absolute atomic E-state index is 0.171. The number of fused-ring (bicyclic) bond motifs is 1. The van der Waals surface area contributed by atoms with Crippen molar-refractivity contribution in [1.29, 1.82) is 0 Å². The molecule has 2 N–H and O–H groups in total. The molecule has 25 heavy (non-hydrogen) atoms. The van der Waals surface area contributed by atoms with Crippen LogP contribution in [0.4, 0.5) is 10.5 Å². The maximum atomic E-state index is 12.4. The molecule has 2 aromatic rings. The summed E-state index contributed by atoms with van der Waals surface area (Å²) in [4.78, 5) is 27.8. The largest absolute Gasteiger partial charge is 0.454 e. The zero-order valence-electron chi connectivity index (χ0n) is 13.6. The van der Waals surface area contributed by atoms with E-state index in [1.165, 1.54) is 6.20 Å². The summed E-state index contributed by atoms with van der Waals surface area (Å²) in [6, 6.07) is 8.37. The number of hydrogen-bond donors (Lipinski definition) is 2. The Hall–Kier alpha value is -3.29. The number of rotatable bonds is 5. The lowest BCUT2D eigenvalue weighted by Crippen LogP contribution is -2.24. The SMILES string of the molecule is CCOC(=O)NCc1cc(C(=O)Nc2ccc3c(c2)OCO3)ccn1. The van der Waals surface area contributed by atoms with Crippen LogP contribution in [0.2, 0.25) is 0 Å². The van der Waals surface area contributed by atoms with E-state index in [-0.39, 0.29) is 25.9 Å². The zero-order valence-corrected chi connectivity index (χ0v) is 13.6. The Morgan fingerprint density at radius 1 is 1.20 bits per heavy atom. The third-order valence-electron chi connectivity index (χ3n) is 3.40. The lowest BCUT2D eigenvalue weighted by molar-refractivity contribution is 0.102. The smallest absolute Gasteiger partial charge is 0.407 e. The van der Waals surface area contributed by atoms with E-state index in [1.807, 2.05) is 0 Å². The van der Waals surface area contributed by atoms with Gasteiger partial charge in [0.25, 0.3) is 5.91 Å². The van der Waals surface area contributed by atoms with E-state index in [2.05, 4.69) is 15.6 Å². The number of hydrogen-bond acceptors (Lipinski definition) is 6. The van der Waals surface area contributed by atoms with Gasteiger partial charge in [-0.3, -0.25) is 9.78 Å². The second-order valence-electron chi connectivity index (χ2n) is 5.13. The molecule has 0 spiro atoms. The standard InChI is InChI=1S/C17H17N3O5/c1-2-23-17(22)19-9-13-7-11(5-6-18-13)16(21)20-12-3-4-14-15(8-12)25-10-24-14/h3-8H,2,9-10H2,1H3,(H,19,22)(H,20,21). The van der Waals surface area contributed by atoms with Crippen molar-refractivity contribution in [2.45, 2.75) is 13.5 Å². The minimum Gasteiger partial charge on any atom is -0.454 e. The lowest BCUT2D eigenvalue weighted by Gasteiger charge is -2.08. The van der Waals surface area contributed by atoms with E-state index in [9.17, 15) is 9.59 Å². The van der Waals surface area contributed by atoms with Crippen molar-refractivity contribution >= 4 is 17.7 Å². The van der Waals surface area contributed by atoms with Gasteiger partial charge in [-0.1, -0.05) is 0 Å². The van der Waals surface area contributed by atoms with Gasteiger partial charge in [0.05, 0.1) is 18.8 Å². The minimum atomic E-state index is -0.528. The Bertz CT molecular complexity index is 794. The molecule has 2 heterocycles. The molecule has 0 unspecified atom stereocenters. The number of nitrogens with one attached hydrogen (secondary N) is 2. The molecule has 2 amide bonds. The second-order valence-corrected chi connectivity index (χ2v) is 5.13. The molecule has 0 bridgehead atoms. The molecule has 0 saturated heterocycles. The van der Waals surface area contributed by atoms with Gasteiger partial charge < -0.3 is 24.8 Å². The Kier molecular flexibility index (Phi) is 4.98. The Morgan fingerprint density at radius 2 is 2.04 bits per heavy atom. The summed E-state index contributed by atoms with van der Waals surface area (Å²) in [5.41, 5.74) is 1.57. The highest BCUT2D eigenvalue weighted by Gasteiger charge is 2.15. The van der Waals surface area contributed by atoms with Crippen LogP contribution in [0.1, 0.15) is 23.0 Å². The predicted octanol–water partition coefficient (Wildman–Crippen LogP) is 2.31. The van der Waals surface area contributed by atoms with Crippen molar-refractivity contribution in [3.05, 3.63) is 47.8 Å². The molecule has 0 fully saturated rings. The molecule has 8 heteroatoms. The van der Waals surface area contributed by atoms with Crippen LogP contribution in [-0.4, -0.2) is 30.4 Å². The first-order valence-electron chi connectivity index (χ1n) is 7.72. The van der Waals surface area contributed by atoms with Crippen LogP contribution in [0.5, 0.6) is 11.5 Å². The van der Waals surface area contributed by atoms with Crippen molar-refractivity contribution in [3.63, 3.8) is 0 Å². The molecule has 0 aliphatic carbocycles. The lowest BCUT2D eigenvalue weighted by atomic mass is 10.2. The van der Waals surface area contributed by atoms with Crippen molar-refractivity contribution in [1.82, 2.24) is 10.3 Å². The maximum absolute atomic E-state index is 12.4. The number of anilines is 1. The fourth-order valence-electron chi connectivity index (χ4n) is 2.24. The number of amides is 2. The highest BCUT2D eigenvalue weighted by molar-refractivity contribution is 6.04. The van der Waals surface area contributed by atoms with Crippen molar-refractivity contribution < 1.29 is 23.8 Å². The fourth-order valence-corrected chi connectivity index (χ4v) is 2.24. The van der Waals surface area contributed by atoms with Gasteiger partial charge >= 0.3 is 6.09 Å². The van der Waals surface area contributed by atoms with E-state index >= 15 is 0 Å². The van der Waals surface area contributed by atoms with E-state index in [0.29, 0.717) is 28.4 Å². The molecule has 0 radical (unpaired) electrons. The Balaban J connectivity index is 1.64. The molecule has 1 aromatic carbocycles. The van der Waals surface area contributed by atoms with Crippen LogP contribution < -0.4 is 20.1 Å². The molecule has 1 aliphatic rings.